The van der Waals surface area contributed by atoms with Crippen LogP contribution >= 0.6 is 0 Å². The number of carbonyl (C=O) groups excluding carboxylic acids is 2. The van der Waals surface area contributed by atoms with Crippen molar-refractivity contribution in [2.24, 2.45) is 11.7 Å². The molecule has 0 spiro atoms. The van der Waals surface area contributed by atoms with Crippen molar-refractivity contribution in [1.29, 1.82) is 0 Å². The third-order valence-electron chi connectivity index (χ3n) is 1.66. The van der Waals surface area contributed by atoms with Gasteiger partial charge in [-0.25, -0.2) is 0 Å². The van der Waals surface area contributed by atoms with Gasteiger partial charge in [-0.2, -0.15) is 0 Å². The first-order chi connectivity index (χ1) is 6.99. The molecule has 0 saturated heterocycles. The maximum Gasteiger partial charge on any atom is 0.325 e. The summed E-state index contributed by atoms with van der Waals surface area (Å²) in [7, 11) is 1.26. The van der Waals surface area contributed by atoms with Crippen LogP contribution in [0.15, 0.2) is 0 Å². The van der Waals surface area contributed by atoms with E-state index in [-0.39, 0.29) is 18.4 Å². The fraction of sp³-hybridized carbons (Fsp3) is 0.800. The number of carbonyl (C=O) groups is 2. The Morgan fingerprint density at radius 1 is 1.33 bits per heavy atom. The Morgan fingerprint density at radius 3 is 2.13 bits per heavy atom. The lowest BCUT2D eigenvalue weighted by atomic mass is 10.1. The minimum atomic E-state index is -0.579. The minimum Gasteiger partial charge on any atom is -0.468 e. The van der Waals surface area contributed by atoms with Crippen molar-refractivity contribution in [2.75, 3.05) is 13.7 Å². The van der Waals surface area contributed by atoms with Gasteiger partial charge in [0.15, 0.2) is 0 Å². The molecule has 90 valence electrons. The molecule has 1 unspecified atom stereocenters. The standard InChI is InChI=1S/C8H16N2O3.C2H6/c1-5(2)7(9)8(12)10-4-6(11)13-3;1-2/h5,7H,4,9H2,1-3H3,(H,10,12);1-2H3. The molecule has 0 heterocycles. The molecular formula is C10H22N2O3. The first-order valence-corrected chi connectivity index (χ1v) is 5.09. The van der Waals surface area contributed by atoms with Crippen molar-refractivity contribution in [2.45, 2.75) is 33.7 Å². The van der Waals surface area contributed by atoms with Crippen LogP contribution in [-0.4, -0.2) is 31.6 Å². The summed E-state index contributed by atoms with van der Waals surface area (Å²) in [5.41, 5.74) is 5.52. The molecule has 15 heavy (non-hydrogen) atoms. The number of nitrogens with two attached hydrogens (primary N) is 1. The lowest BCUT2D eigenvalue weighted by Gasteiger charge is -2.14. The third kappa shape index (κ3) is 7.93. The topological polar surface area (TPSA) is 81.4 Å². The highest BCUT2D eigenvalue weighted by Gasteiger charge is 2.17. The Balaban J connectivity index is 0. The van der Waals surface area contributed by atoms with Crippen LogP contribution in [0.25, 0.3) is 0 Å². The van der Waals surface area contributed by atoms with Crippen molar-refractivity contribution in [1.82, 2.24) is 5.32 Å². The molecule has 3 N–H and O–H groups in total. The number of esters is 1. The van der Waals surface area contributed by atoms with E-state index in [1.165, 1.54) is 7.11 Å². The smallest absolute Gasteiger partial charge is 0.325 e. The molecule has 1 amide bonds. The molecule has 0 aromatic rings. The maximum absolute atomic E-state index is 11.2. The van der Waals surface area contributed by atoms with E-state index in [4.69, 9.17) is 5.73 Å². The second-order valence-electron chi connectivity index (χ2n) is 3.06. The lowest BCUT2D eigenvalue weighted by molar-refractivity contribution is -0.141. The molecule has 0 aliphatic carbocycles. The van der Waals surface area contributed by atoms with Crippen LogP contribution in [0.2, 0.25) is 0 Å². The zero-order valence-corrected chi connectivity index (χ0v) is 10.2. The summed E-state index contributed by atoms with van der Waals surface area (Å²) in [5, 5.41) is 2.38. The van der Waals surface area contributed by atoms with Crippen molar-refractivity contribution in [3.63, 3.8) is 0 Å². The molecule has 1 atom stereocenters. The summed E-state index contributed by atoms with van der Waals surface area (Å²) >= 11 is 0. The molecule has 0 aromatic carbocycles. The van der Waals surface area contributed by atoms with Crippen LogP contribution in [0, 0.1) is 5.92 Å². The van der Waals surface area contributed by atoms with Crippen molar-refractivity contribution < 1.29 is 14.3 Å². The Kier molecular flexibility index (Phi) is 10.3. The average molecular weight is 218 g/mol. The van der Waals surface area contributed by atoms with E-state index >= 15 is 0 Å². The van der Waals surface area contributed by atoms with Crippen LogP contribution in [0.4, 0.5) is 0 Å². The van der Waals surface area contributed by atoms with Gasteiger partial charge in [0.05, 0.1) is 13.2 Å². The zero-order chi connectivity index (χ0) is 12.4. The normalized spacial score (nSPS) is 11.1. The fourth-order valence-corrected chi connectivity index (χ4v) is 0.652. The number of methoxy groups -OCH3 is 1. The van der Waals surface area contributed by atoms with E-state index in [1.54, 1.807) is 0 Å². The molecule has 0 aliphatic heterocycles. The van der Waals surface area contributed by atoms with Crippen molar-refractivity contribution in [3.05, 3.63) is 0 Å². The SMILES string of the molecule is CC.COC(=O)CNC(=O)C(N)C(C)C. The maximum atomic E-state index is 11.2. The highest BCUT2D eigenvalue weighted by molar-refractivity contribution is 5.85. The average Bonchev–Trinajstić information content (AvgIpc) is 2.26. The Bertz CT molecular complexity index is 193. The van der Waals surface area contributed by atoms with E-state index in [9.17, 15) is 9.59 Å². The van der Waals surface area contributed by atoms with Crippen molar-refractivity contribution in [3.8, 4) is 0 Å². The Hall–Kier alpha value is -1.10. The van der Waals surface area contributed by atoms with E-state index in [1.807, 2.05) is 27.7 Å². The fourth-order valence-electron chi connectivity index (χ4n) is 0.652. The van der Waals surface area contributed by atoms with Gasteiger partial charge in [0, 0.05) is 0 Å². The number of ether oxygens (including phenoxy) is 1. The van der Waals surface area contributed by atoms with Gasteiger partial charge in [-0.1, -0.05) is 27.7 Å². The van der Waals surface area contributed by atoms with E-state index in [0.717, 1.165) is 0 Å². The number of amides is 1. The van der Waals surface area contributed by atoms with Gasteiger partial charge in [0.1, 0.15) is 6.54 Å². The Labute approximate surface area is 91.4 Å². The lowest BCUT2D eigenvalue weighted by Crippen LogP contribution is -2.45. The summed E-state index contributed by atoms with van der Waals surface area (Å²) in [5.74, 6) is -0.762. The molecule has 0 aromatic heterocycles. The largest absolute Gasteiger partial charge is 0.468 e. The van der Waals surface area contributed by atoms with Gasteiger partial charge < -0.3 is 15.8 Å². The van der Waals surface area contributed by atoms with Gasteiger partial charge in [-0.05, 0) is 5.92 Å². The van der Waals surface area contributed by atoms with Gasteiger partial charge in [0.25, 0.3) is 0 Å². The van der Waals surface area contributed by atoms with Crippen molar-refractivity contribution >= 4 is 11.9 Å². The first-order valence-electron chi connectivity index (χ1n) is 5.09. The molecule has 0 bridgehead atoms. The second-order valence-corrected chi connectivity index (χ2v) is 3.06. The van der Waals surface area contributed by atoms with Crippen LogP contribution < -0.4 is 11.1 Å². The number of nitrogens with one attached hydrogen (secondary N) is 1. The monoisotopic (exact) mass is 218 g/mol. The molecule has 5 nitrogen and oxygen atoms in total. The summed E-state index contributed by atoms with van der Waals surface area (Å²) < 4.78 is 4.35. The van der Waals surface area contributed by atoms with Crippen LogP contribution in [0.1, 0.15) is 27.7 Å². The molecule has 0 radical (unpaired) electrons. The number of rotatable bonds is 4. The van der Waals surface area contributed by atoms with Crippen LogP contribution in [-0.2, 0) is 14.3 Å². The minimum absolute atomic E-state index is 0.0534. The third-order valence-corrected chi connectivity index (χ3v) is 1.66. The summed E-state index contributed by atoms with van der Waals surface area (Å²) in [6.07, 6.45) is 0. The van der Waals surface area contributed by atoms with Gasteiger partial charge in [-0.3, -0.25) is 9.59 Å². The molecular weight excluding hydrogens is 196 g/mol. The van der Waals surface area contributed by atoms with E-state index in [0.29, 0.717) is 0 Å². The predicted octanol–water partition coefficient (Wildman–Crippen LogP) is 0.285. The van der Waals surface area contributed by atoms with Crippen LogP contribution in [0.5, 0.6) is 0 Å². The zero-order valence-electron chi connectivity index (χ0n) is 10.2. The molecule has 5 heteroatoms. The predicted molar refractivity (Wildman–Crippen MR) is 59.2 cm³/mol. The highest BCUT2D eigenvalue weighted by atomic mass is 16.5. The highest BCUT2D eigenvalue weighted by Crippen LogP contribution is 1.97. The molecule has 0 fully saturated rings. The quantitative estimate of drug-likeness (QED) is 0.664. The van der Waals surface area contributed by atoms with E-state index in [2.05, 4.69) is 10.1 Å². The Morgan fingerprint density at radius 2 is 1.80 bits per heavy atom. The molecule has 0 rings (SSSR count). The van der Waals surface area contributed by atoms with Gasteiger partial charge >= 0.3 is 5.97 Å². The molecule has 0 saturated carbocycles. The molecule has 0 aliphatic rings. The second kappa shape index (κ2) is 9.45. The number of hydrogen-bond donors (Lipinski definition) is 2. The summed E-state index contributed by atoms with van der Waals surface area (Å²) in [4.78, 5) is 21.8. The summed E-state index contributed by atoms with van der Waals surface area (Å²) in [6, 6.07) is -0.579. The van der Waals surface area contributed by atoms with Gasteiger partial charge in [-0.15, -0.1) is 0 Å². The summed E-state index contributed by atoms with van der Waals surface area (Å²) in [6.45, 7) is 7.54. The van der Waals surface area contributed by atoms with Crippen LogP contribution in [0.3, 0.4) is 0 Å². The number of hydrogen-bond acceptors (Lipinski definition) is 4. The first kappa shape index (κ1) is 16.3. The van der Waals surface area contributed by atoms with Gasteiger partial charge in [0.2, 0.25) is 5.91 Å². The van der Waals surface area contributed by atoms with E-state index < -0.39 is 12.0 Å².